The van der Waals surface area contributed by atoms with E-state index in [2.05, 4.69) is 9.71 Å². The van der Waals surface area contributed by atoms with Crippen molar-refractivity contribution in [2.24, 2.45) is 0 Å². The first-order valence-electron chi connectivity index (χ1n) is 8.77. The van der Waals surface area contributed by atoms with Gasteiger partial charge in [-0.1, -0.05) is 6.07 Å². The van der Waals surface area contributed by atoms with Gasteiger partial charge in [-0.2, -0.15) is 0 Å². The average Bonchev–Trinajstić information content (AvgIpc) is 3.05. The molecular weight excluding hydrogens is 386 g/mol. The van der Waals surface area contributed by atoms with Crippen LogP contribution >= 0.6 is 11.3 Å². The van der Waals surface area contributed by atoms with Gasteiger partial charge in [-0.25, -0.2) is 18.1 Å². The van der Waals surface area contributed by atoms with Gasteiger partial charge in [-0.3, -0.25) is 4.79 Å². The standard InChI is InChI=1S/C18H23N3O4S2/c1-12(22)5-7-20-27(24,25)16-4-3-14-6-8-21(10-15(14)9-16)18(23)17-13(2)19-11-26-17/h3-4,9,11-12,20,22H,5-8,10H2,1-2H3/t12-/m0/s1. The van der Waals surface area contributed by atoms with E-state index in [-0.39, 0.29) is 17.3 Å². The van der Waals surface area contributed by atoms with Crippen LogP contribution in [-0.2, 0) is 23.0 Å². The number of carbonyl (C=O) groups is 1. The lowest BCUT2D eigenvalue weighted by atomic mass is 10.00. The molecule has 2 heterocycles. The van der Waals surface area contributed by atoms with Crippen LogP contribution < -0.4 is 4.72 Å². The Balaban J connectivity index is 1.77. The molecule has 0 radical (unpaired) electrons. The molecule has 2 N–H and O–H groups in total. The maximum Gasteiger partial charge on any atom is 0.266 e. The van der Waals surface area contributed by atoms with Crippen molar-refractivity contribution in [3.63, 3.8) is 0 Å². The SMILES string of the molecule is Cc1ncsc1C(=O)N1CCc2ccc(S(=O)(=O)NCC[C@H](C)O)cc2C1. The Kier molecular flexibility index (Phi) is 5.95. The van der Waals surface area contributed by atoms with Crippen LogP contribution in [0.2, 0.25) is 0 Å². The molecule has 2 aromatic rings. The van der Waals surface area contributed by atoms with E-state index in [1.165, 1.54) is 11.3 Å². The summed E-state index contributed by atoms with van der Waals surface area (Å²) < 4.78 is 27.4. The van der Waals surface area contributed by atoms with Gasteiger partial charge in [0.2, 0.25) is 10.0 Å². The molecule has 146 valence electrons. The number of rotatable bonds is 6. The number of amides is 1. The van der Waals surface area contributed by atoms with E-state index in [1.807, 2.05) is 13.0 Å². The Bertz CT molecular complexity index is 938. The van der Waals surface area contributed by atoms with Crippen molar-refractivity contribution >= 4 is 27.3 Å². The van der Waals surface area contributed by atoms with Gasteiger partial charge >= 0.3 is 0 Å². The number of aliphatic hydroxyl groups excluding tert-OH is 1. The Morgan fingerprint density at radius 1 is 1.41 bits per heavy atom. The van der Waals surface area contributed by atoms with Crippen LogP contribution in [-0.4, -0.2) is 48.5 Å². The predicted octanol–water partition coefficient (Wildman–Crippen LogP) is 1.70. The van der Waals surface area contributed by atoms with Crippen molar-refractivity contribution in [1.29, 1.82) is 0 Å². The Morgan fingerprint density at radius 2 is 2.19 bits per heavy atom. The van der Waals surface area contributed by atoms with E-state index >= 15 is 0 Å². The molecule has 1 aliphatic rings. The number of benzene rings is 1. The second-order valence-electron chi connectivity index (χ2n) is 6.71. The highest BCUT2D eigenvalue weighted by atomic mass is 32.2. The Morgan fingerprint density at radius 3 is 2.85 bits per heavy atom. The quantitative estimate of drug-likeness (QED) is 0.756. The third kappa shape index (κ3) is 4.55. The maximum absolute atomic E-state index is 12.7. The fourth-order valence-electron chi connectivity index (χ4n) is 3.01. The molecule has 0 bridgehead atoms. The summed E-state index contributed by atoms with van der Waals surface area (Å²) in [6.07, 6.45) is 0.473. The number of carbonyl (C=O) groups excluding carboxylic acids is 1. The van der Waals surface area contributed by atoms with Crippen LogP contribution in [0.4, 0.5) is 0 Å². The Hall–Kier alpha value is -1.81. The summed E-state index contributed by atoms with van der Waals surface area (Å²) >= 11 is 1.32. The zero-order valence-electron chi connectivity index (χ0n) is 15.3. The monoisotopic (exact) mass is 409 g/mol. The minimum absolute atomic E-state index is 0.0658. The molecule has 1 aromatic carbocycles. The van der Waals surface area contributed by atoms with Crippen LogP contribution in [0.5, 0.6) is 0 Å². The summed E-state index contributed by atoms with van der Waals surface area (Å²) in [4.78, 5) is 19.4. The number of sulfonamides is 1. The lowest BCUT2D eigenvalue weighted by Crippen LogP contribution is -2.36. The van der Waals surface area contributed by atoms with Crippen LogP contribution in [0.3, 0.4) is 0 Å². The van der Waals surface area contributed by atoms with Crippen molar-refractivity contribution in [3.8, 4) is 0 Å². The number of hydrogen-bond acceptors (Lipinski definition) is 6. The number of fused-ring (bicyclic) bond motifs is 1. The second-order valence-corrected chi connectivity index (χ2v) is 9.33. The van der Waals surface area contributed by atoms with Gasteiger partial charge in [0.05, 0.1) is 22.2 Å². The topological polar surface area (TPSA) is 99.6 Å². The predicted molar refractivity (Wildman–Crippen MR) is 103 cm³/mol. The van der Waals surface area contributed by atoms with Gasteiger partial charge in [-0.15, -0.1) is 11.3 Å². The molecule has 3 rings (SSSR count). The number of aromatic nitrogens is 1. The smallest absolute Gasteiger partial charge is 0.266 e. The highest BCUT2D eigenvalue weighted by Gasteiger charge is 2.25. The van der Waals surface area contributed by atoms with Crippen molar-refractivity contribution < 1.29 is 18.3 Å². The van der Waals surface area contributed by atoms with Crippen LogP contribution in [0.1, 0.15) is 39.8 Å². The summed E-state index contributed by atoms with van der Waals surface area (Å²) in [5.74, 6) is -0.0658. The molecule has 0 saturated heterocycles. The molecule has 7 nitrogen and oxygen atoms in total. The summed E-state index contributed by atoms with van der Waals surface area (Å²) in [5.41, 5.74) is 4.27. The van der Waals surface area contributed by atoms with Crippen molar-refractivity contribution in [2.75, 3.05) is 13.1 Å². The zero-order chi connectivity index (χ0) is 19.6. The van der Waals surface area contributed by atoms with Crippen molar-refractivity contribution in [2.45, 2.75) is 44.2 Å². The molecule has 1 amide bonds. The van der Waals surface area contributed by atoms with E-state index in [9.17, 15) is 18.3 Å². The number of aliphatic hydroxyl groups is 1. The Labute approximate surface area is 163 Å². The largest absolute Gasteiger partial charge is 0.393 e. The number of nitrogens with one attached hydrogen (secondary N) is 1. The number of hydrogen-bond donors (Lipinski definition) is 2. The molecule has 0 spiro atoms. The van der Waals surface area contributed by atoms with Crippen molar-refractivity contribution in [1.82, 2.24) is 14.6 Å². The van der Waals surface area contributed by atoms with Crippen molar-refractivity contribution in [3.05, 3.63) is 45.4 Å². The first-order valence-corrected chi connectivity index (χ1v) is 11.1. The molecule has 0 unspecified atom stereocenters. The van der Waals surface area contributed by atoms with E-state index in [4.69, 9.17) is 0 Å². The summed E-state index contributed by atoms with van der Waals surface area (Å²) in [6.45, 7) is 4.58. The van der Waals surface area contributed by atoms with Crippen LogP contribution in [0.25, 0.3) is 0 Å². The normalized spacial score (nSPS) is 15.4. The summed E-state index contributed by atoms with van der Waals surface area (Å²) in [5, 5.41) is 9.28. The molecule has 1 atom stereocenters. The average molecular weight is 410 g/mol. The highest BCUT2D eigenvalue weighted by Crippen LogP contribution is 2.25. The van der Waals surface area contributed by atoms with Crippen LogP contribution in [0, 0.1) is 6.92 Å². The van der Waals surface area contributed by atoms with Gasteiger partial charge in [0.25, 0.3) is 5.91 Å². The maximum atomic E-state index is 12.7. The van der Waals surface area contributed by atoms with E-state index in [0.717, 1.165) is 16.8 Å². The van der Waals surface area contributed by atoms with E-state index in [1.54, 1.807) is 29.5 Å². The molecule has 27 heavy (non-hydrogen) atoms. The van der Waals surface area contributed by atoms with Gasteiger partial charge < -0.3 is 10.0 Å². The molecule has 0 saturated carbocycles. The molecule has 1 aromatic heterocycles. The number of nitrogens with zero attached hydrogens (tertiary/aromatic N) is 2. The fraction of sp³-hybridized carbons (Fsp3) is 0.444. The fourth-order valence-corrected chi connectivity index (χ4v) is 4.88. The second kappa shape index (κ2) is 8.05. The zero-order valence-corrected chi connectivity index (χ0v) is 16.9. The van der Waals surface area contributed by atoms with E-state index < -0.39 is 16.1 Å². The molecular formula is C18H23N3O4S2. The third-order valence-electron chi connectivity index (χ3n) is 4.58. The first-order chi connectivity index (χ1) is 12.8. The highest BCUT2D eigenvalue weighted by molar-refractivity contribution is 7.89. The lowest BCUT2D eigenvalue weighted by Gasteiger charge is -2.29. The molecule has 9 heteroatoms. The lowest BCUT2D eigenvalue weighted by molar-refractivity contribution is 0.0738. The minimum Gasteiger partial charge on any atom is -0.393 e. The molecule has 0 fully saturated rings. The minimum atomic E-state index is -3.65. The van der Waals surface area contributed by atoms with Gasteiger partial charge in [0.1, 0.15) is 4.88 Å². The van der Waals surface area contributed by atoms with Crippen LogP contribution in [0.15, 0.2) is 28.6 Å². The summed E-state index contributed by atoms with van der Waals surface area (Å²) in [6, 6.07) is 5.05. The molecule has 1 aliphatic heterocycles. The van der Waals surface area contributed by atoms with Gasteiger partial charge in [0.15, 0.2) is 0 Å². The molecule has 0 aliphatic carbocycles. The summed E-state index contributed by atoms with van der Waals surface area (Å²) in [7, 11) is -3.65. The van der Waals surface area contributed by atoms with Gasteiger partial charge in [0, 0.05) is 19.6 Å². The third-order valence-corrected chi connectivity index (χ3v) is 6.96. The van der Waals surface area contributed by atoms with E-state index in [0.29, 0.717) is 30.8 Å². The number of thiazole rings is 1. The number of aryl methyl sites for hydroxylation is 1. The first kappa shape index (κ1) is 19.9. The van der Waals surface area contributed by atoms with Gasteiger partial charge in [-0.05, 0) is 49.9 Å².